The summed E-state index contributed by atoms with van der Waals surface area (Å²) in [5.41, 5.74) is 3.07. The fourth-order valence-corrected chi connectivity index (χ4v) is 2.22. The first-order valence-electron chi connectivity index (χ1n) is 6.92. The number of benzene rings is 1. The standard InChI is InChI=1S/C15H20ClN5/c1-4-12-13(10-5-7-11(16)8-6-10)14(19-9-17-2)21-15(18-3)20-12/h5-8,17H,4,9H2,1-3H3,(H2,18,19,20,21). The van der Waals surface area contributed by atoms with E-state index in [0.717, 1.165) is 29.1 Å². The molecule has 0 aliphatic carbocycles. The van der Waals surface area contributed by atoms with Crippen molar-refractivity contribution in [3.63, 3.8) is 0 Å². The maximum atomic E-state index is 5.98. The normalized spacial score (nSPS) is 10.5. The Balaban J connectivity index is 2.56. The monoisotopic (exact) mass is 305 g/mol. The highest BCUT2D eigenvalue weighted by molar-refractivity contribution is 6.30. The first kappa shape index (κ1) is 15.5. The number of hydrogen-bond donors (Lipinski definition) is 3. The van der Waals surface area contributed by atoms with E-state index < -0.39 is 0 Å². The summed E-state index contributed by atoms with van der Waals surface area (Å²) in [4.78, 5) is 9.09. The van der Waals surface area contributed by atoms with Gasteiger partial charge in [-0.2, -0.15) is 4.98 Å². The van der Waals surface area contributed by atoms with Crippen LogP contribution in [0, 0.1) is 0 Å². The second-order valence-corrected chi connectivity index (χ2v) is 4.97. The predicted octanol–water partition coefficient (Wildman–Crippen LogP) is 2.99. The van der Waals surface area contributed by atoms with Crippen molar-refractivity contribution in [2.24, 2.45) is 0 Å². The Morgan fingerprint density at radius 3 is 2.38 bits per heavy atom. The molecule has 0 fully saturated rings. The third-order valence-electron chi connectivity index (χ3n) is 3.11. The summed E-state index contributed by atoms with van der Waals surface area (Å²) in [5.74, 6) is 1.42. The van der Waals surface area contributed by atoms with Crippen molar-refractivity contribution >= 4 is 23.4 Å². The largest absolute Gasteiger partial charge is 0.357 e. The fraction of sp³-hybridized carbons (Fsp3) is 0.333. The van der Waals surface area contributed by atoms with Gasteiger partial charge in [0.05, 0.1) is 12.4 Å². The van der Waals surface area contributed by atoms with E-state index in [1.807, 2.05) is 38.4 Å². The Hall–Kier alpha value is -1.85. The number of aromatic nitrogens is 2. The summed E-state index contributed by atoms with van der Waals surface area (Å²) in [6.45, 7) is 2.72. The lowest BCUT2D eigenvalue weighted by Crippen LogP contribution is -2.19. The molecular weight excluding hydrogens is 286 g/mol. The van der Waals surface area contributed by atoms with Gasteiger partial charge in [0.2, 0.25) is 5.95 Å². The second kappa shape index (κ2) is 7.24. The van der Waals surface area contributed by atoms with Crippen LogP contribution in [-0.4, -0.2) is 30.7 Å². The van der Waals surface area contributed by atoms with Crippen LogP contribution < -0.4 is 16.0 Å². The number of nitrogens with zero attached hydrogens (tertiary/aromatic N) is 2. The average molecular weight is 306 g/mol. The van der Waals surface area contributed by atoms with Crippen LogP contribution >= 0.6 is 11.6 Å². The summed E-state index contributed by atoms with van der Waals surface area (Å²) < 4.78 is 0. The Bertz CT molecular complexity index is 598. The molecule has 1 aromatic heterocycles. The van der Waals surface area contributed by atoms with Gasteiger partial charge in [-0.15, -0.1) is 0 Å². The summed E-state index contributed by atoms with van der Waals surface area (Å²) in [6.07, 6.45) is 0.823. The van der Waals surface area contributed by atoms with Gasteiger partial charge >= 0.3 is 0 Å². The molecule has 3 N–H and O–H groups in total. The lowest BCUT2D eigenvalue weighted by Gasteiger charge is -2.16. The molecule has 0 atom stereocenters. The van der Waals surface area contributed by atoms with Crippen molar-refractivity contribution in [1.82, 2.24) is 15.3 Å². The first-order valence-corrected chi connectivity index (χ1v) is 7.30. The minimum atomic E-state index is 0.614. The summed E-state index contributed by atoms with van der Waals surface area (Å²) in [6, 6.07) is 7.74. The van der Waals surface area contributed by atoms with Gasteiger partial charge in [0, 0.05) is 17.6 Å². The van der Waals surface area contributed by atoms with E-state index in [0.29, 0.717) is 17.6 Å². The van der Waals surface area contributed by atoms with Crippen molar-refractivity contribution in [3.8, 4) is 11.1 Å². The highest BCUT2D eigenvalue weighted by Gasteiger charge is 2.14. The summed E-state index contributed by atoms with van der Waals surface area (Å²) >= 11 is 5.98. The molecule has 0 aliphatic rings. The Labute approximate surface area is 130 Å². The van der Waals surface area contributed by atoms with Crippen molar-refractivity contribution in [3.05, 3.63) is 35.0 Å². The molecule has 2 aromatic rings. The molecule has 0 amide bonds. The van der Waals surface area contributed by atoms with E-state index in [2.05, 4.69) is 32.8 Å². The number of anilines is 2. The van der Waals surface area contributed by atoms with Gasteiger partial charge in [0.1, 0.15) is 5.82 Å². The molecule has 0 unspecified atom stereocenters. The van der Waals surface area contributed by atoms with Gasteiger partial charge in [0.15, 0.2) is 0 Å². The van der Waals surface area contributed by atoms with Crippen LogP contribution in [-0.2, 0) is 6.42 Å². The van der Waals surface area contributed by atoms with Crippen molar-refractivity contribution < 1.29 is 0 Å². The molecule has 0 bridgehead atoms. The summed E-state index contributed by atoms with van der Waals surface area (Å²) in [5, 5.41) is 10.1. The minimum Gasteiger partial charge on any atom is -0.357 e. The molecule has 1 aromatic carbocycles. The van der Waals surface area contributed by atoms with E-state index in [1.54, 1.807) is 0 Å². The van der Waals surface area contributed by atoms with Crippen molar-refractivity contribution in [2.75, 3.05) is 31.4 Å². The van der Waals surface area contributed by atoms with E-state index in [-0.39, 0.29) is 0 Å². The molecule has 1 heterocycles. The molecule has 21 heavy (non-hydrogen) atoms. The van der Waals surface area contributed by atoms with Crippen molar-refractivity contribution in [2.45, 2.75) is 13.3 Å². The third kappa shape index (κ3) is 3.62. The number of aryl methyl sites for hydroxylation is 1. The number of halogens is 1. The molecule has 0 aliphatic heterocycles. The van der Waals surface area contributed by atoms with Crippen LogP contribution in [0.15, 0.2) is 24.3 Å². The summed E-state index contributed by atoms with van der Waals surface area (Å²) in [7, 11) is 3.70. The lowest BCUT2D eigenvalue weighted by atomic mass is 10.0. The molecular formula is C15H20ClN5. The average Bonchev–Trinajstić information content (AvgIpc) is 2.52. The smallest absolute Gasteiger partial charge is 0.224 e. The zero-order valence-electron chi connectivity index (χ0n) is 12.5. The van der Waals surface area contributed by atoms with Gasteiger partial charge in [-0.25, -0.2) is 4.98 Å². The van der Waals surface area contributed by atoms with Gasteiger partial charge in [-0.05, 0) is 31.2 Å². The quantitative estimate of drug-likeness (QED) is 0.716. The zero-order valence-corrected chi connectivity index (χ0v) is 13.3. The molecule has 6 heteroatoms. The predicted molar refractivity (Wildman–Crippen MR) is 89.0 cm³/mol. The molecule has 112 valence electrons. The maximum absolute atomic E-state index is 5.98. The van der Waals surface area contributed by atoms with Crippen LogP contribution in [0.2, 0.25) is 5.02 Å². The van der Waals surface area contributed by atoms with Gasteiger partial charge < -0.3 is 16.0 Å². The van der Waals surface area contributed by atoms with Crippen LogP contribution in [0.25, 0.3) is 11.1 Å². The molecule has 0 saturated carbocycles. The lowest BCUT2D eigenvalue weighted by molar-refractivity contribution is 0.865. The molecule has 0 spiro atoms. The SMILES string of the molecule is CCc1nc(NC)nc(NCNC)c1-c1ccc(Cl)cc1. The van der Waals surface area contributed by atoms with Crippen LogP contribution in [0.4, 0.5) is 11.8 Å². The van der Waals surface area contributed by atoms with E-state index in [4.69, 9.17) is 11.6 Å². The first-order chi connectivity index (χ1) is 10.2. The maximum Gasteiger partial charge on any atom is 0.224 e. The van der Waals surface area contributed by atoms with Crippen molar-refractivity contribution in [1.29, 1.82) is 0 Å². The fourth-order valence-electron chi connectivity index (χ4n) is 2.09. The Morgan fingerprint density at radius 1 is 1.10 bits per heavy atom. The highest BCUT2D eigenvalue weighted by atomic mass is 35.5. The topological polar surface area (TPSA) is 61.9 Å². The van der Waals surface area contributed by atoms with Gasteiger partial charge in [-0.1, -0.05) is 30.7 Å². The Morgan fingerprint density at radius 2 is 1.81 bits per heavy atom. The van der Waals surface area contributed by atoms with E-state index in [1.165, 1.54) is 0 Å². The van der Waals surface area contributed by atoms with Crippen LogP contribution in [0.1, 0.15) is 12.6 Å². The molecule has 0 radical (unpaired) electrons. The minimum absolute atomic E-state index is 0.614. The molecule has 2 rings (SSSR count). The number of nitrogens with one attached hydrogen (secondary N) is 3. The van der Waals surface area contributed by atoms with Crippen LogP contribution in [0.3, 0.4) is 0 Å². The van der Waals surface area contributed by atoms with Gasteiger partial charge in [-0.3, -0.25) is 0 Å². The van der Waals surface area contributed by atoms with Gasteiger partial charge in [0.25, 0.3) is 0 Å². The van der Waals surface area contributed by atoms with E-state index >= 15 is 0 Å². The third-order valence-corrected chi connectivity index (χ3v) is 3.36. The number of hydrogen-bond acceptors (Lipinski definition) is 5. The van der Waals surface area contributed by atoms with Crippen LogP contribution in [0.5, 0.6) is 0 Å². The molecule has 0 saturated heterocycles. The number of rotatable bonds is 6. The second-order valence-electron chi connectivity index (χ2n) is 4.54. The molecule has 5 nitrogen and oxygen atoms in total. The van der Waals surface area contributed by atoms with E-state index in [9.17, 15) is 0 Å². The zero-order chi connectivity index (χ0) is 15.2. The highest BCUT2D eigenvalue weighted by Crippen LogP contribution is 2.31. The Kier molecular flexibility index (Phi) is 5.36.